The van der Waals surface area contributed by atoms with Gasteiger partial charge in [0.05, 0.1) is 17.8 Å². The molecule has 2 amide bonds. The van der Waals surface area contributed by atoms with Crippen LogP contribution in [0.2, 0.25) is 0 Å². The highest BCUT2D eigenvalue weighted by Gasteiger charge is 2.55. The Bertz CT molecular complexity index is 747. The summed E-state index contributed by atoms with van der Waals surface area (Å²) < 4.78 is 20.1. The van der Waals surface area contributed by atoms with E-state index in [4.69, 9.17) is 23.8 Å². The molecule has 0 saturated carbocycles. The Balaban J connectivity index is 3.03. The number of amides is 2. The molecule has 0 aliphatic carbocycles. The summed E-state index contributed by atoms with van der Waals surface area (Å²) >= 11 is 0. The Kier molecular flexibility index (Phi) is 9.80. The van der Waals surface area contributed by atoms with Gasteiger partial charge in [-0.2, -0.15) is 0 Å². The topological polar surface area (TPSA) is 152 Å². The van der Waals surface area contributed by atoms with Crippen molar-refractivity contribution in [1.82, 2.24) is 5.06 Å². The van der Waals surface area contributed by atoms with E-state index in [0.717, 1.165) is 0 Å². The van der Waals surface area contributed by atoms with E-state index in [0.29, 0.717) is 0 Å². The summed E-state index contributed by atoms with van der Waals surface area (Å²) in [6, 6.07) is 0. The van der Waals surface area contributed by atoms with Gasteiger partial charge in [0.25, 0.3) is 6.29 Å². The monoisotopic (exact) mass is 473 g/mol. The molecule has 0 spiro atoms. The molecule has 0 aromatic rings. The van der Waals surface area contributed by atoms with Gasteiger partial charge in [-0.1, -0.05) is 60.5 Å². The summed E-state index contributed by atoms with van der Waals surface area (Å²) in [5.74, 6) is -7.09. The zero-order chi connectivity index (χ0) is 25.6. The molecular formula is C21H31NO11. The van der Waals surface area contributed by atoms with Crippen LogP contribution >= 0.6 is 0 Å². The van der Waals surface area contributed by atoms with E-state index >= 15 is 0 Å². The quantitative estimate of drug-likeness (QED) is 0.208. The number of hydrogen-bond acceptors (Lipinski definition) is 11. The highest BCUT2D eigenvalue weighted by Crippen LogP contribution is 2.24. The van der Waals surface area contributed by atoms with Gasteiger partial charge in [-0.15, -0.1) is 0 Å². The largest absolute Gasteiger partial charge is 0.537 e. The van der Waals surface area contributed by atoms with Gasteiger partial charge in [-0.05, 0) is 0 Å². The third-order valence-electron chi connectivity index (χ3n) is 4.22. The number of carbonyl (C=O) groups is 6. The molecule has 1 fully saturated rings. The summed E-state index contributed by atoms with van der Waals surface area (Å²) in [6.45, 7) is 12.3. The fourth-order valence-corrected chi connectivity index (χ4v) is 2.17. The number of rotatable bonds is 9. The van der Waals surface area contributed by atoms with Gasteiger partial charge < -0.3 is 18.9 Å². The van der Waals surface area contributed by atoms with Crippen molar-refractivity contribution in [1.29, 1.82) is 0 Å². The van der Waals surface area contributed by atoms with Crippen LogP contribution in [0.5, 0.6) is 0 Å². The Morgan fingerprint density at radius 2 is 1.06 bits per heavy atom. The van der Waals surface area contributed by atoms with E-state index in [2.05, 4.69) is 0 Å². The first-order chi connectivity index (χ1) is 15.2. The van der Waals surface area contributed by atoms with Crippen LogP contribution in [-0.4, -0.2) is 59.4 Å². The van der Waals surface area contributed by atoms with E-state index in [1.54, 1.807) is 27.7 Å². The third-order valence-corrected chi connectivity index (χ3v) is 4.22. The highest BCUT2D eigenvalue weighted by atomic mass is 16.9. The number of hydrogen-bond donors (Lipinski definition) is 0. The SMILES string of the molecule is CC(C)C(=O)O[C@H](OC(=O)ON1C(=O)[C@H](OC(=O)C(C)C)[C@@H](OC(=O)C(C)C)C1=O)C(C)C. The molecule has 0 aromatic heterocycles. The molecule has 1 rings (SSSR count). The van der Waals surface area contributed by atoms with Gasteiger partial charge in [0, 0.05) is 5.92 Å². The second kappa shape index (κ2) is 11.6. The summed E-state index contributed by atoms with van der Waals surface area (Å²) in [7, 11) is 0. The standard InChI is InChI=1S/C21H31NO11/c1-9(2)17(25)29-13-14(30-18(26)10(3)4)16(24)22(15(13)23)33-21(28)32-20(12(7)8)31-19(27)11(5)6/h9-14,20H,1-8H3/t13-,14-,20-/m1/s1. The first kappa shape index (κ1) is 27.9. The minimum absolute atomic E-state index is 0.000530. The normalized spacial score (nSPS) is 19.2. The fraction of sp³-hybridized carbons (Fsp3) is 0.714. The maximum Gasteiger partial charge on any atom is 0.537 e. The first-order valence-corrected chi connectivity index (χ1v) is 10.5. The van der Waals surface area contributed by atoms with Gasteiger partial charge in [0.2, 0.25) is 12.2 Å². The summed E-state index contributed by atoms with van der Waals surface area (Å²) in [4.78, 5) is 78.1. The van der Waals surface area contributed by atoms with Crippen molar-refractivity contribution in [2.75, 3.05) is 0 Å². The maximum absolute atomic E-state index is 12.7. The van der Waals surface area contributed by atoms with Crippen molar-refractivity contribution in [3.8, 4) is 0 Å². The second-order valence-electron chi connectivity index (χ2n) is 8.66. The van der Waals surface area contributed by atoms with Crippen LogP contribution in [0.1, 0.15) is 55.4 Å². The third kappa shape index (κ3) is 7.43. The van der Waals surface area contributed by atoms with Crippen molar-refractivity contribution < 1.29 is 52.6 Å². The van der Waals surface area contributed by atoms with E-state index in [1.807, 2.05) is 0 Å². The van der Waals surface area contributed by atoms with Crippen LogP contribution in [0.25, 0.3) is 0 Å². The van der Waals surface area contributed by atoms with Crippen molar-refractivity contribution in [3.63, 3.8) is 0 Å². The lowest BCUT2D eigenvalue weighted by atomic mass is 10.2. The van der Waals surface area contributed by atoms with Crippen LogP contribution in [0, 0.1) is 23.7 Å². The zero-order valence-electron chi connectivity index (χ0n) is 20.0. The lowest BCUT2D eigenvalue weighted by Gasteiger charge is -2.22. The molecule has 0 N–H and O–H groups in total. The Labute approximate surface area is 191 Å². The van der Waals surface area contributed by atoms with Crippen LogP contribution in [-0.2, 0) is 47.8 Å². The zero-order valence-corrected chi connectivity index (χ0v) is 20.0. The molecule has 12 heteroatoms. The molecule has 1 saturated heterocycles. The first-order valence-electron chi connectivity index (χ1n) is 10.5. The predicted molar refractivity (Wildman–Crippen MR) is 108 cm³/mol. The molecule has 0 radical (unpaired) electrons. The summed E-state index contributed by atoms with van der Waals surface area (Å²) in [5, 5.41) is 0.000530. The van der Waals surface area contributed by atoms with Crippen LogP contribution in [0.3, 0.4) is 0 Å². The molecule has 0 bridgehead atoms. The van der Waals surface area contributed by atoms with E-state index < -0.39 is 78.0 Å². The van der Waals surface area contributed by atoms with Gasteiger partial charge in [-0.25, -0.2) is 4.79 Å². The van der Waals surface area contributed by atoms with Crippen molar-refractivity contribution in [3.05, 3.63) is 0 Å². The van der Waals surface area contributed by atoms with Gasteiger partial charge in [-0.3, -0.25) is 28.8 Å². The minimum Gasteiger partial charge on any atom is -0.447 e. The second-order valence-corrected chi connectivity index (χ2v) is 8.66. The Morgan fingerprint density at radius 3 is 1.39 bits per heavy atom. The van der Waals surface area contributed by atoms with Crippen molar-refractivity contribution in [2.45, 2.75) is 73.9 Å². The molecule has 1 aliphatic rings. The summed E-state index contributed by atoms with van der Waals surface area (Å²) in [6.07, 6.45) is -6.58. The average Bonchev–Trinajstić information content (AvgIpc) is 2.91. The lowest BCUT2D eigenvalue weighted by molar-refractivity contribution is -0.202. The molecule has 12 nitrogen and oxygen atoms in total. The minimum atomic E-state index is -1.84. The number of ether oxygens (including phenoxy) is 4. The lowest BCUT2D eigenvalue weighted by Crippen LogP contribution is -2.39. The highest BCUT2D eigenvalue weighted by molar-refractivity contribution is 6.08. The molecule has 186 valence electrons. The molecule has 33 heavy (non-hydrogen) atoms. The summed E-state index contributed by atoms with van der Waals surface area (Å²) in [5.41, 5.74) is 0. The molecule has 3 atom stereocenters. The van der Waals surface area contributed by atoms with Gasteiger partial charge >= 0.3 is 35.9 Å². The molecule has 1 aliphatic heterocycles. The van der Waals surface area contributed by atoms with Crippen molar-refractivity contribution >= 4 is 35.9 Å². The predicted octanol–water partition coefficient (Wildman–Crippen LogP) is 1.74. The van der Waals surface area contributed by atoms with Gasteiger partial charge in [0.1, 0.15) is 0 Å². The van der Waals surface area contributed by atoms with Gasteiger partial charge in [0.15, 0.2) is 0 Å². The Morgan fingerprint density at radius 1 is 0.667 bits per heavy atom. The maximum atomic E-state index is 12.7. The molecule has 0 aromatic carbocycles. The smallest absolute Gasteiger partial charge is 0.447 e. The number of hydroxylamine groups is 2. The number of esters is 3. The number of carbonyl (C=O) groups excluding carboxylic acids is 6. The van der Waals surface area contributed by atoms with Crippen molar-refractivity contribution in [2.24, 2.45) is 23.7 Å². The van der Waals surface area contributed by atoms with E-state index in [9.17, 15) is 28.8 Å². The van der Waals surface area contributed by atoms with Crippen LogP contribution < -0.4 is 0 Å². The number of imide groups is 1. The molecular weight excluding hydrogens is 442 g/mol. The number of nitrogens with zero attached hydrogens (tertiary/aromatic N) is 1. The Hall–Kier alpha value is -3.18. The van der Waals surface area contributed by atoms with E-state index in [-0.39, 0.29) is 5.06 Å². The fourth-order valence-electron chi connectivity index (χ4n) is 2.17. The van der Waals surface area contributed by atoms with Crippen LogP contribution in [0.4, 0.5) is 4.79 Å². The van der Waals surface area contributed by atoms with Crippen LogP contribution in [0.15, 0.2) is 0 Å². The molecule has 0 unspecified atom stereocenters. The average molecular weight is 473 g/mol. The molecule has 1 heterocycles. The van der Waals surface area contributed by atoms with E-state index in [1.165, 1.54) is 27.7 Å².